The molecule has 3 nitrogen and oxygen atoms in total. The molecule has 0 bridgehead atoms. The van der Waals surface area contributed by atoms with Crippen molar-refractivity contribution in [3.8, 4) is 5.75 Å². The molecule has 0 atom stereocenters. The lowest BCUT2D eigenvalue weighted by molar-refractivity contribution is 0.0950. The summed E-state index contributed by atoms with van der Waals surface area (Å²) in [5.41, 5.74) is 2.54. The van der Waals surface area contributed by atoms with Gasteiger partial charge in [0, 0.05) is 17.1 Å². The van der Waals surface area contributed by atoms with Gasteiger partial charge in [0.05, 0.1) is 7.11 Å². The van der Waals surface area contributed by atoms with E-state index in [1.165, 1.54) is 0 Å². The van der Waals surface area contributed by atoms with Gasteiger partial charge in [0.1, 0.15) is 5.75 Å². The van der Waals surface area contributed by atoms with E-state index in [2.05, 4.69) is 5.32 Å². The second-order valence-electron chi connectivity index (χ2n) is 4.50. The maximum atomic E-state index is 12.1. The van der Waals surface area contributed by atoms with Crippen LogP contribution in [-0.2, 0) is 6.54 Å². The lowest BCUT2D eigenvalue weighted by Gasteiger charge is -2.09. The molecule has 0 aromatic heterocycles. The SMILES string of the molecule is COc1cc(C(=O)NCc2cccc(Cl)c2)ccc1C. The third kappa shape index (κ3) is 3.52. The second kappa shape index (κ2) is 6.44. The molecule has 0 aliphatic heterocycles. The molecule has 0 saturated heterocycles. The highest BCUT2D eigenvalue weighted by Crippen LogP contribution is 2.19. The minimum absolute atomic E-state index is 0.136. The summed E-state index contributed by atoms with van der Waals surface area (Å²) in [6.07, 6.45) is 0. The van der Waals surface area contributed by atoms with Crippen LogP contribution in [0.2, 0.25) is 5.02 Å². The van der Waals surface area contributed by atoms with E-state index in [1.54, 1.807) is 25.3 Å². The van der Waals surface area contributed by atoms with E-state index in [1.807, 2.05) is 31.2 Å². The number of hydrogen-bond donors (Lipinski definition) is 1. The van der Waals surface area contributed by atoms with Gasteiger partial charge in [-0.15, -0.1) is 0 Å². The molecule has 104 valence electrons. The van der Waals surface area contributed by atoms with Crippen molar-refractivity contribution >= 4 is 17.5 Å². The lowest BCUT2D eigenvalue weighted by Crippen LogP contribution is -2.22. The van der Waals surface area contributed by atoms with Crippen molar-refractivity contribution in [2.24, 2.45) is 0 Å². The van der Waals surface area contributed by atoms with Gasteiger partial charge in [-0.25, -0.2) is 0 Å². The number of ether oxygens (including phenoxy) is 1. The van der Waals surface area contributed by atoms with E-state index in [9.17, 15) is 4.79 Å². The molecule has 0 aliphatic rings. The van der Waals surface area contributed by atoms with Crippen LogP contribution in [0.25, 0.3) is 0 Å². The quantitative estimate of drug-likeness (QED) is 0.934. The van der Waals surface area contributed by atoms with Gasteiger partial charge in [-0.1, -0.05) is 29.8 Å². The van der Waals surface area contributed by atoms with Gasteiger partial charge in [0.25, 0.3) is 5.91 Å². The molecule has 0 spiro atoms. The Morgan fingerprint density at radius 1 is 1.25 bits per heavy atom. The van der Waals surface area contributed by atoms with E-state index < -0.39 is 0 Å². The van der Waals surface area contributed by atoms with E-state index in [0.29, 0.717) is 22.9 Å². The molecule has 4 heteroatoms. The van der Waals surface area contributed by atoms with Gasteiger partial charge in [0.15, 0.2) is 0 Å². The summed E-state index contributed by atoms with van der Waals surface area (Å²) < 4.78 is 5.22. The molecular weight excluding hydrogens is 274 g/mol. The summed E-state index contributed by atoms with van der Waals surface area (Å²) in [5.74, 6) is 0.573. The van der Waals surface area contributed by atoms with Crippen molar-refractivity contribution in [1.29, 1.82) is 0 Å². The van der Waals surface area contributed by atoms with Crippen LogP contribution in [-0.4, -0.2) is 13.0 Å². The van der Waals surface area contributed by atoms with Crippen molar-refractivity contribution in [2.75, 3.05) is 7.11 Å². The molecule has 0 unspecified atom stereocenters. The van der Waals surface area contributed by atoms with Crippen LogP contribution in [0.5, 0.6) is 5.75 Å². The average Bonchev–Trinajstić information content (AvgIpc) is 2.45. The van der Waals surface area contributed by atoms with Crippen LogP contribution >= 0.6 is 11.6 Å². The van der Waals surface area contributed by atoms with Crippen molar-refractivity contribution in [3.05, 3.63) is 64.2 Å². The van der Waals surface area contributed by atoms with Crippen LogP contribution in [0.4, 0.5) is 0 Å². The number of methoxy groups -OCH3 is 1. The van der Waals surface area contributed by atoms with Crippen molar-refractivity contribution in [2.45, 2.75) is 13.5 Å². The Labute approximate surface area is 123 Å². The van der Waals surface area contributed by atoms with E-state index >= 15 is 0 Å². The van der Waals surface area contributed by atoms with Crippen molar-refractivity contribution in [3.63, 3.8) is 0 Å². The molecule has 0 fully saturated rings. The Kier molecular flexibility index (Phi) is 4.64. The molecule has 2 aromatic carbocycles. The van der Waals surface area contributed by atoms with E-state index in [4.69, 9.17) is 16.3 Å². The molecule has 0 saturated carbocycles. The molecule has 0 aliphatic carbocycles. The Balaban J connectivity index is 2.05. The van der Waals surface area contributed by atoms with Gasteiger partial charge >= 0.3 is 0 Å². The van der Waals surface area contributed by atoms with Crippen LogP contribution < -0.4 is 10.1 Å². The van der Waals surface area contributed by atoms with Gasteiger partial charge < -0.3 is 10.1 Å². The minimum Gasteiger partial charge on any atom is -0.496 e. The molecule has 2 rings (SSSR count). The number of amides is 1. The molecular formula is C16H16ClNO2. The molecule has 1 N–H and O–H groups in total. The first kappa shape index (κ1) is 14.4. The van der Waals surface area contributed by atoms with Gasteiger partial charge in [-0.2, -0.15) is 0 Å². The van der Waals surface area contributed by atoms with E-state index in [0.717, 1.165) is 11.1 Å². The summed E-state index contributed by atoms with van der Waals surface area (Å²) in [5, 5.41) is 3.52. The molecule has 0 radical (unpaired) electrons. The summed E-state index contributed by atoms with van der Waals surface area (Å²) in [6.45, 7) is 2.38. The predicted octanol–water partition coefficient (Wildman–Crippen LogP) is 3.59. The number of benzene rings is 2. The molecule has 2 aromatic rings. The van der Waals surface area contributed by atoms with Crippen molar-refractivity contribution in [1.82, 2.24) is 5.32 Å². The summed E-state index contributed by atoms with van der Waals surface area (Å²) in [4.78, 5) is 12.1. The lowest BCUT2D eigenvalue weighted by atomic mass is 10.1. The average molecular weight is 290 g/mol. The first-order valence-electron chi connectivity index (χ1n) is 6.27. The zero-order valence-electron chi connectivity index (χ0n) is 11.4. The molecule has 1 amide bonds. The van der Waals surface area contributed by atoms with Crippen LogP contribution in [0.3, 0.4) is 0 Å². The Morgan fingerprint density at radius 2 is 2.05 bits per heavy atom. The summed E-state index contributed by atoms with van der Waals surface area (Å²) in [6, 6.07) is 12.8. The van der Waals surface area contributed by atoms with Gasteiger partial charge in [0.2, 0.25) is 0 Å². The first-order chi connectivity index (χ1) is 9.60. The number of halogens is 1. The third-order valence-corrected chi connectivity index (χ3v) is 3.25. The fourth-order valence-corrected chi connectivity index (χ4v) is 2.11. The predicted molar refractivity (Wildman–Crippen MR) is 80.4 cm³/mol. The minimum atomic E-state index is -0.136. The largest absolute Gasteiger partial charge is 0.496 e. The first-order valence-corrected chi connectivity index (χ1v) is 6.65. The normalized spacial score (nSPS) is 10.2. The number of aryl methyl sites for hydroxylation is 1. The highest BCUT2D eigenvalue weighted by atomic mass is 35.5. The number of carbonyl (C=O) groups is 1. The van der Waals surface area contributed by atoms with Crippen LogP contribution in [0.1, 0.15) is 21.5 Å². The standard InChI is InChI=1S/C16H16ClNO2/c1-11-6-7-13(9-15(11)20-2)16(19)18-10-12-4-3-5-14(17)8-12/h3-9H,10H2,1-2H3,(H,18,19). The van der Waals surface area contributed by atoms with Crippen LogP contribution in [0.15, 0.2) is 42.5 Å². The number of rotatable bonds is 4. The number of carbonyl (C=O) groups excluding carboxylic acids is 1. The number of hydrogen-bond acceptors (Lipinski definition) is 2. The fourth-order valence-electron chi connectivity index (χ4n) is 1.89. The van der Waals surface area contributed by atoms with Gasteiger partial charge in [-0.3, -0.25) is 4.79 Å². The number of nitrogens with one attached hydrogen (secondary N) is 1. The fraction of sp³-hybridized carbons (Fsp3) is 0.188. The molecule has 0 heterocycles. The van der Waals surface area contributed by atoms with Gasteiger partial charge in [-0.05, 0) is 42.3 Å². The summed E-state index contributed by atoms with van der Waals surface area (Å²) >= 11 is 5.90. The third-order valence-electron chi connectivity index (χ3n) is 3.01. The smallest absolute Gasteiger partial charge is 0.251 e. The topological polar surface area (TPSA) is 38.3 Å². The maximum Gasteiger partial charge on any atom is 0.251 e. The molecule has 20 heavy (non-hydrogen) atoms. The zero-order valence-corrected chi connectivity index (χ0v) is 12.2. The highest BCUT2D eigenvalue weighted by molar-refractivity contribution is 6.30. The Morgan fingerprint density at radius 3 is 2.75 bits per heavy atom. The van der Waals surface area contributed by atoms with E-state index in [-0.39, 0.29) is 5.91 Å². The highest BCUT2D eigenvalue weighted by Gasteiger charge is 2.08. The maximum absolute atomic E-state index is 12.1. The Bertz CT molecular complexity index is 626. The monoisotopic (exact) mass is 289 g/mol. The van der Waals surface area contributed by atoms with Crippen LogP contribution in [0, 0.1) is 6.92 Å². The summed E-state index contributed by atoms with van der Waals surface area (Å²) in [7, 11) is 1.59. The zero-order chi connectivity index (χ0) is 14.5. The van der Waals surface area contributed by atoms with Crippen molar-refractivity contribution < 1.29 is 9.53 Å². The second-order valence-corrected chi connectivity index (χ2v) is 4.93. The Hall–Kier alpha value is -2.00.